The van der Waals surface area contributed by atoms with Crippen molar-refractivity contribution in [3.05, 3.63) is 78.6 Å². The van der Waals surface area contributed by atoms with Crippen molar-refractivity contribution in [2.24, 2.45) is 19.1 Å². The van der Waals surface area contributed by atoms with Crippen LogP contribution in [0, 0.1) is 0 Å². The summed E-state index contributed by atoms with van der Waals surface area (Å²) < 4.78 is 10.5. The van der Waals surface area contributed by atoms with Crippen molar-refractivity contribution in [2.45, 2.75) is 0 Å². The van der Waals surface area contributed by atoms with Crippen molar-refractivity contribution >= 4 is 23.9 Å². The molecule has 30 heavy (non-hydrogen) atoms. The monoisotopic (exact) mass is 396 g/mol. The third kappa shape index (κ3) is 2.93. The average molecular weight is 396 g/mol. The molecule has 1 aliphatic rings. The molecule has 0 N–H and O–H groups in total. The zero-order valence-corrected chi connectivity index (χ0v) is 17.1. The van der Waals surface area contributed by atoms with Crippen molar-refractivity contribution < 1.29 is 8.98 Å². The number of aryl methyl sites for hydroxylation is 1. The smallest absolute Gasteiger partial charge is 0.376 e. The molecule has 0 bridgehead atoms. The first-order chi connectivity index (χ1) is 14.6. The first-order valence-corrected chi connectivity index (χ1v) is 9.77. The summed E-state index contributed by atoms with van der Waals surface area (Å²) in [5, 5.41) is 0. The van der Waals surface area contributed by atoms with E-state index in [1.165, 1.54) is 0 Å². The highest BCUT2D eigenvalue weighted by atomic mass is 16.4. The number of anilines is 1. The van der Waals surface area contributed by atoms with Crippen LogP contribution in [0.2, 0.25) is 0 Å². The van der Waals surface area contributed by atoms with Gasteiger partial charge in [0.15, 0.2) is 5.82 Å². The fraction of sp³-hybridized carbons (Fsp3) is 0.125. The molecule has 0 amide bonds. The minimum atomic E-state index is 0.719. The highest BCUT2D eigenvalue weighted by molar-refractivity contribution is 5.95. The summed E-state index contributed by atoms with van der Waals surface area (Å²) in [7, 11) is 5.94. The van der Waals surface area contributed by atoms with Crippen molar-refractivity contribution in [3.63, 3.8) is 0 Å². The fourth-order valence-corrected chi connectivity index (χ4v) is 3.77. The molecule has 0 fully saturated rings. The van der Waals surface area contributed by atoms with Gasteiger partial charge < -0.3 is 13.9 Å². The molecule has 2 aromatic heterocycles. The first-order valence-electron chi connectivity index (χ1n) is 9.77. The largest absolute Gasteiger partial charge is 0.397 e. The molecule has 0 atom stereocenters. The molecule has 0 spiro atoms. The highest BCUT2D eigenvalue weighted by Gasteiger charge is 2.29. The second-order valence-corrected chi connectivity index (χ2v) is 7.32. The summed E-state index contributed by atoms with van der Waals surface area (Å²) in [6, 6.07) is 20.5. The molecule has 0 aliphatic carbocycles. The standard InChI is InChI=1S/C24H22N5O/c1-27-16-26-24-22(27)19(25-15-28(24)2)14-20-29(3)21(17-10-6-4-7-11-17)23(30-20)18-12-8-5-9-13-18/h4-16H,1-3H3/q+1. The number of hydrogen-bond donors (Lipinski definition) is 0. The van der Waals surface area contributed by atoms with Gasteiger partial charge in [-0.25, -0.2) is 9.98 Å². The first kappa shape index (κ1) is 18.1. The van der Waals surface area contributed by atoms with Crippen LogP contribution in [-0.2, 0) is 14.1 Å². The van der Waals surface area contributed by atoms with E-state index in [1.807, 2.05) is 73.1 Å². The predicted octanol–water partition coefficient (Wildman–Crippen LogP) is 4.15. The third-order valence-corrected chi connectivity index (χ3v) is 5.30. The Morgan fingerprint density at radius 1 is 0.933 bits per heavy atom. The van der Waals surface area contributed by atoms with Gasteiger partial charge in [-0.1, -0.05) is 48.5 Å². The minimum Gasteiger partial charge on any atom is -0.397 e. The van der Waals surface area contributed by atoms with Gasteiger partial charge in [0.2, 0.25) is 5.76 Å². The lowest BCUT2D eigenvalue weighted by Crippen LogP contribution is -2.31. The van der Waals surface area contributed by atoms with E-state index in [2.05, 4.69) is 38.8 Å². The topological polar surface area (TPSA) is 50.4 Å². The van der Waals surface area contributed by atoms with E-state index in [-0.39, 0.29) is 0 Å². The number of oxazole rings is 1. The van der Waals surface area contributed by atoms with Crippen molar-refractivity contribution in [1.29, 1.82) is 0 Å². The van der Waals surface area contributed by atoms with E-state index in [0.29, 0.717) is 0 Å². The Morgan fingerprint density at radius 3 is 2.30 bits per heavy atom. The van der Waals surface area contributed by atoms with E-state index in [9.17, 15) is 0 Å². The summed E-state index contributed by atoms with van der Waals surface area (Å²) >= 11 is 0. The van der Waals surface area contributed by atoms with Crippen molar-refractivity contribution in [2.75, 3.05) is 11.9 Å². The number of aromatic nitrogens is 3. The lowest BCUT2D eigenvalue weighted by Gasteiger charge is -2.18. The van der Waals surface area contributed by atoms with Crippen LogP contribution in [0.1, 0.15) is 11.6 Å². The molecule has 6 nitrogen and oxygen atoms in total. The average Bonchev–Trinajstić information content (AvgIpc) is 3.32. The number of imidazole rings is 1. The maximum Gasteiger partial charge on any atom is 0.376 e. The van der Waals surface area contributed by atoms with Gasteiger partial charge in [0.05, 0.1) is 24.3 Å². The Kier molecular flexibility index (Phi) is 4.32. The predicted molar refractivity (Wildman–Crippen MR) is 119 cm³/mol. The zero-order chi connectivity index (χ0) is 20.7. The van der Waals surface area contributed by atoms with Crippen LogP contribution in [-0.4, -0.2) is 22.9 Å². The van der Waals surface area contributed by atoms with Gasteiger partial charge >= 0.3 is 5.89 Å². The molecule has 1 aliphatic heterocycles. The van der Waals surface area contributed by atoms with Gasteiger partial charge in [-0.2, -0.15) is 4.57 Å². The molecule has 2 aromatic carbocycles. The maximum atomic E-state index is 6.42. The summed E-state index contributed by atoms with van der Waals surface area (Å²) in [5.74, 6) is 2.43. The number of benzene rings is 2. The molecule has 0 saturated heterocycles. The molecule has 0 unspecified atom stereocenters. The summed E-state index contributed by atoms with van der Waals surface area (Å²) in [5.41, 5.74) is 4.92. The van der Waals surface area contributed by atoms with Crippen LogP contribution in [0.25, 0.3) is 34.4 Å². The third-order valence-electron chi connectivity index (χ3n) is 5.30. The van der Waals surface area contributed by atoms with E-state index >= 15 is 0 Å². The Hall–Kier alpha value is -3.93. The number of aliphatic imine (C=N–C) groups is 1. The quantitative estimate of drug-likeness (QED) is 0.489. The maximum absolute atomic E-state index is 6.42. The Bertz CT molecular complexity index is 1270. The molecule has 148 valence electrons. The van der Waals surface area contributed by atoms with Gasteiger partial charge in [0.25, 0.3) is 5.69 Å². The number of nitrogens with zero attached hydrogens (tertiary/aromatic N) is 5. The van der Waals surface area contributed by atoms with Crippen molar-refractivity contribution in [3.8, 4) is 22.6 Å². The molecule has 6 heteroatoms. The SMILES string of the molecule is CN1C=N/C(=C\c2oc(-c3ccccc3)c(-c3ccccc3)[n+]2C)c2c1ncn2C. The summed E-state index contributed by atoms with van der Waals surface area (Å²) in [6.45, 7) is 0. The van der Waals surface area contributed by atoms with Gasteiger partial charge in [0, 0.05) is 19.7 Å². The van der Waals surface area contributed by atoms with E-state index in [1.54, 1.807) is 12.7 Å². The van der Waals surface area contributed by atoms with E-state index in [0.717, 1.165) is 45.7 Å². The normalized spacial score (nSPS) is 14.4. The van der Waals surface area contributed by atoms with Crippen LogP contribution in [0.4, 0.5) is 5.82 Å². The lowest BCUT2D eigenvalue weighted by atomic mass is 10.1. The Morgan fingerprint density at radius 2 is 1.60 bits per heavy atom. The summed E-state index contributed by atoms with van der Waals surface area (Å²) in [4.78, 5) is 11.0. The molecular formula is C24H22N5O+. The van der Waals surface area contributed by atoms with Crippen LogP contribution in [0.15, 0.2) is 76.4 Å². The second kappa shape index (κ2) is 7.15. The molecule has 0 saturated carbocycles. The van der Waals surface area contributed by atoms with Crippen LogP contribution < -0.4 is 9.47 Å². The number of hydrogen-bond acceptors (Lipinski definition) is 4. The highest BCUT2D eigenvalue weighted by Crippen LogP contribution is 2.34. The second-order valence-electron chi connectivity index (χ2n) is 7.32. The molecule has 5 rings (SSSR count). The van der Waals surface area contributed by atoms with Gasteiger partial charge in [0.1, 0.15) is 18.4 Å². The lowest BCUT2D eigenvalue weighted by molar-refractivity contribution is -0.665. The van der Waals surface area contributed by atoms with Crippen LogP contribution in [0.5, 0.6) is 0 Å². The van der Waals surface area contributed by atoms with Gasteiger partial charge in [-0.05, 0) is 12.1 Å². The van der Waals surface area contributed by atoms with Crippen LogP contribution >= 0.6 is 0 Å². The Balaban J connectivity index is 1.71. The van der Waals surface area contributed by atoms with E-state index < -0.39 is 0 Å². The molecular weight excluding hydrogens is 374 g/mol. The fourth-order valence-electron chi connectivity index (χ4n) is 3.77. The Labute approximate surface area is 175 Å². The van der Waals surface area contributed by atoms with Gasteiger partial charge in [-0.3, -0.25) is 0 Å². The van der Waals surface area contributed by atoms with Crippen molar-refractivity contribution in [1.82, 2.24) is 9.55 Å². The minimum absolute atomic E-state index is 0.719. The van der Waals surface area contributed by atoms with Gasteiger partial charge in [-0.15, -0.1) is 0 Å². The number of fused-ring (bicyclic) bond motifs is 1. The van der Waals surface area contributed by atoms with E-state index in [4.69, 9.17) is 4.42 Å². The molecule has 4 aromatic rings. The summed E-state index contributed by atoms with van der Waals surface area (Å²) in [6.07, 6.45) is 5.56. The van der Waals surface area contributed by atoms with Crippen LogP contribution in [0.3, 0.4) is 0 Å². The molecule has 0 radical (unpaired) electrons. The zero-order valence-electron chi connectivity index (χ0n) is 17.1. The number of rotatable bonds is 3. The molecule has 3 heterocycles.